The van der Waals surface area contributed by atoms with E-state index in [2.05, 4.69) is 16.6 Å². The van der Waals surface area contributed by atoms with E-state index in [1.807, 2.05) is 0 Å². The van der Waals surface area contributed by atoms with E-state index in [4.69, 9.17) is 0 Å². The molecule has 5 nitrogen and oxygen atoms in total. The summed E-state index contributed by atoms with van der Waals surface area (Å²) in [6.07, 6.45) is 4.06. The smallest absolute Gasteiger partial charge is 0.305 e. The minimum atomic E-state index is -0.909. The summed E-state index contributed by atoms with van der Waals surface area (Å²) < 4.78 is 18.2. The summed E-state index contributed by atoms with van der Waals surface area (Å²) in [6.45, 7) is 0. The second-order valence-electron chi connectivity index (χ2n) is 8.07. The van der Waals surface area contributed by atoms with E-state index in [9.17, 15) is 24.5 Å². The molecule has 1 fully saturated rings. The molecule has 0 unspecified atom stereocenters. The highest BCUT2D eigenvalue weighted by Crippen LogP contribution is 2.39. The number of hydrogen-bond acceptors (Lipinski definition) is 5. The van der Waals surface area contributed by atoms with Crippen LogP contribution in [0.2, 0.25) is 0 Å². The number of esters is 1. The summed E-state index contributed by atoms with van der Waals surface area (Å²) in [7, 11) is 1.39. The van der Waals surface area contributed by atoms with Gasteiger partial charge >= 0.3 is 5.97 Å². The average Bonchev–Trinajstić information content (AvgIpc) is 3.00. The molecule has 0 aliphatic heterocycles. The van der Waals surface area contributed by atoms with Gasteiger partial charge in [-0.25, -0.2) is 4.39 Å². The molecule has 0 amide bonds. The lowest BCUT2D eigenvalue weighted by Crippen LogP contribution is -2.23. The maximum atomic E-state index is 13.6. The van der Waals surface area contributed by atoms with Crippen LogP contribution in [0.4, 0.5) is 4.39 Å². The fraction of sp³-hybridized carbons (Fsp3) is 0.625. The van der Waals surface area contributed by atoms with Gasteiger partial charge in [-0.15, -0.1) is 0 Å². The number of unbranched alkanes of at least 4 members (excludes halogenated alkanes) is 3. The average molecular weight is 421 g/mol. The van der Waals surface area contributed by atoms with Crippen LogP contribution in [0.25, 0.3) is 0 Å². The van der Waals surface area contributed by atoms with Crippen molar-refractivity contribution in [3.8, 4) is 11.8 Å². The van der Waals surface area contributed by atoms with E-state index >= 15 is 0 Å². The molecule has 1 aromatic carbocycles. The number of aliphatic hydroxyl groups is 3. The number of methoxy groups -OCH3 is 1. The van der Waals surface area contributed by atoms with Crippen molar-refractivity contribution < 1.29 is 29.2 Å². The fourth-order valence-electron chi connectivity index (χ4n) is 4.23. The molecule has 0 heterocycles. The van der Waals surface area contributed by atoms with Crippen molar-refractivity contribution in [2.45, 2.75) is 76.1 Å². The van der Waals surface area contributed by atoms with Gasteiger partial charge in [0.25, 0.3) is 0 Å². The third-order valence-electron chi connectivity index (χ3n) is 5.94. The summed E-state index contributed by atoms with van der Waals surface area (Å²) in [5.74, 6) is 4.63. The molecule has 0 spiro atoms. The van der Waals surface area contributed by atoms with E-state index < -0.39 is 24.1 Å². The van der Waals surface area contributed by atoms with Crippen molar-refractivity contribution in [2.75, 3.05) is 7.11 Å². The number of carbonyl (C=O) groups is 1. The quantitative estimate of drug-likeness (QED) is 0.307. The first-order valence-corrected chi connectivity index (χ1v) is 10.8. The van der Waals surface area contributed by atoms with Crippen LogP contribution < -0.4 is 0 Å². The number of halogens is 1. The zero-order valence-electron chi connectivity index (χ0n) is 17.6. The number of benzene rings is 1. The monoisotopic (exact) mass is 420 g/mol. The molecule has 1 aliphatic rings. The Kier molecular flexibility index (Phi) is 10.3. The zero-order chi connectivity index (χ0) is 21.9. The SMILES string of the molecule is COC(=O)CCCCCC[C@@H]1[C@@H](CC[C@H](O)C#Cc2ccccc2F)[C@H](O)C[C@H]1O. The third-order valence-corrected chi connectivity index (χ3v) is 5.94. The van der Waals surface area contributed by atoms with E-state index in [0.29, 0.717) is 25.7 Å². The van der Waals surface area contributed by atoms with Crippen molar-refractivity contribution in [3.63, 3.8) is 0 Å². The van der Waals surface area contributed by atoms with Gasteiger partial charge in [-0.1, -0.05) is 43.2 Å². The summed E-state index contributed by atoms with van der Waals surface area (Å²) >= 11 is 0. The maximum absolute atomic E-state index is 13.6. The Labute approximate surface area is 178 Å². The van der Waals surface area contributed by atoms with E-state index in [1.165, 1.54) is 13.2 Å². The van der Waals surface area contributed by atoms with Crippen LogP contribution >= 0.6 is 0 Å². The molecule has 0 bridgehead atoms. The van der Waals surface area contributed by atoms with Gasteiger partial charge in [0.2, 0.25) is 0 Å². The molecule has 6 heteroatoms. The largest absolute Gasteiger partial charge is 0.469 e. The Bertz CT molecular complexity index is 726. The molecule has 1 saturated carbocycles. The van der Waals surface area contributed by atoms with Gasteiger partial charge in [0.05, 0.1) is 24.9 Å². The minimum Gasteiger partial charge on any atom is -0.469 e. The minimum absolute atomic E-state index is 0.00710. The number of ether oxygens (including phenoxy) is 1. The Morgan fingerprint density at radius 3 is 2.50 bits per heavy atom. The molecule has 30 heavy (non-hydrogen) atoms. The van der Waals surface area contributed by atoms with E-state index in [-0.39, 0.29) is 23.4 Å². The van der Waals surface area contributed by atoms with E-state index in [1.54, 1.807) is 18.2 Å². The number of hydrogen-bond donors (Lipinski definition) is 3. The Balaban J connectivity index is 1.77. The Hall–Kier alpha value is -1.94. The predicted octanol–water partition coefficient (Wildman–Crippen LogP) is 3.19. The van der Waals surface area contributed by atoms with Gasteiger partial charge in [0.1, 0.15) is 11.9 Å². The standard InChI is InChI=1S/C24H33FO5/c1-30-24(29)11-5-3-2-4-9-19-20(23(28)16-22(19)27)15-14-18(26)13-12-17-8-6-7-10-21(17)25/h6-8,10,18-20,22-23,26-28H,2-5,9,11,14-16H2,1H3/t18-,19-,20-,22-,23-/m1/s1. The van der Waals surface area contributed by atoms with Crippen LogP contribution in [-0.4, -0.2) is 46.7 Å². The van der Waals surface area contributed by atoms with Crippen LogP contribution in [0.3, 0.4) is 0 Å². The van der Waals surface area contributed by atoms with Crippen molar-refractivity contribution in [1.82, 2.24) is 0 Å². The first kappa shape index (κ1) is 24.3. The molecular weight excluding hydrogens is 387 g/mol. The number of carbonyl (C=O) groups excluding carboxylic acids is 1. The molecule has 0 aromatic heterocycles. The second-order valence-corrected chi connectivity index (χ2v) is 8.07. The van der Waals surface area contributed by atoms with Crippen LogP contribution in [0.5, 0.6) is 0 Å². The third kappa shape index (κ3) is 7.71. The van der Waals surface area contributed by atoms with Crippen molar-refractivity contribution in [1.29, 1.82) is 0 Å². The van der Waals surface area contributed by atoms with Crippen LogP contribution in [0.1, 0.15) is 63.4 Å². The van der Waals surface area contributed by atoms with Crippen molar-refractivity contribution in [3.05, 3.63) is 35.6 Å². The highest BCUT2D eigenvalue weighted by molar-refractivity contribution is 5.68. The van der Waals surface area contributed by atoms with Crippen molar-refractivity contribution in [2.24, 2.45) is 11.8 Å². The molecule has 5 atom stereocenters. The first-order chi connectivity index (χ1) is 14.4. The topological polar surface area (TPSA) is 87.0 Å². The van der Waals surface area contributed by atoms with Crippen molar-refractivity contribution >= 4 is 5.97 Å². The lowest BCUT2D eigenvalue weighted by atomic mass is 9.85. The molecule has 0 radical (unpaired) electrons. The lowest BCUT2D eigenvalue weighted by Gasteiger charge is -2.24. The second kappa shape index (κ2) is 12.7. The van der Waals surface area contributed by atoms with E-state index in [0.717, 1.165) is 32.1 Å². The van der Waals surface area contributed by atoms with Crippen LogP contribution in [-0.2, 0) is 9.53 Å². The van der Waals surface area contributed by atoms with Gasteiger partial charge in [-0.2, -0.15) is 0 Å². The Morgan fingerprint density at radius 2 is 1.80 bits per heavy atom. The summed E-state index contributed by atoms with van der Waals surface area (Å²) in [5, 5.41) is 30.8. The summed E-state index contributed by atoms with van der Waals surface area (Å²) in [6, 6.07) is 6.17. The van der Waals surface area contributed by atoms with Gasteiger partial charge in [-0.3, -0.25) is 4.79 Å². The number of aliphatic hydroxyl groups excluding tert-OH is 3. The molecule has 2 rings (SSSR count). The lowest BCUT2D eigenvalue weighted by molar-refractivity contribution is -0.140. The van der Waals surface area contributed by atoms with Gasteiger partial charge < -0.3 is 20.1 Å². The predicted molar refractivity (Wildman–Crippen MR) is 112 cm³/mol. The highest BCUT2D eigenvalue weighted by Gasteiger charge is 2.40. The molecule has 3 N–H and O–H groups in total. The zero-order valence-corrected chi connectivity index (χ0v) is 17.6. The Morgan fingerprint density at radius 1 is 1.13 bits per heavy atom. The van der Waals surface area contributed by atoms with Crippen LogP contribution in [0, 0.1) is 29.5 Å². The molecular formula is C24H33FO5. The first-order valence-electron chi connectivity index (χ1n) is 10.8. The molecule has 166 valence electrons. The highest BCUT2D eigenvalue weighted by atomic mass is 19.1. The van der Waals surface area contributed by atoms with Crippen LogP contribution in [0.15, 0.2) is 24.3 Å². The molecule has 1 aliphatic carbocycles. The molecule has 0 saturated heterocycles. The maximum Gasteiger partial charge on any atom is 0.305 e. The summed E-state index contributed by atoms with van der Waals surface area (Å²) in [4.78, 5) is 11.1. The number of rotatable bonds is 10. The summed E-state index contributed by atoms with van der Waals surface area (Å²) in [5.41, 5.74) is 0.248. The van der Waals surface area contributed by atoms with Gasteiger partial charge in [0, 0.05) is 6.42 Å². The van der Waals surface area contributed by atoms with Gasteiger partial charge in [-0.05, 0) is 56.1 Å². The van der Waals surface area contributed by atoms with Gasteiger partial charge in [0.15, 0.2) is 0 Å². The normalized spacial score (nSPS) is 24.2. The fourth-order valence-corrected chi connectivity index (χ4v) is 4.23. The molecule has 1 aromatic rings.